The molecule has 1 unspecified atom stereocenters. The van der Waals surface area contributed by atoms with Gasteiger partial charge in [0.15, 0.2) is 0 Å². The second kappa shape index (κ2) is 4.97. The Morgan fingerprint density at radius 3 is 2.65 bits per heavy atom. The first kappa shape index (κ1) is 11.6. The molecule has 1 atom stereocenters. The molecule has 0 spiro atoms. The number of hydrogen-bond acceptors (Lipinski definition) is 2. The lowest BCUT2D eigenvalue weighted by Crippen LogP contribution is -2.40. The molecule has 1 amide bonds. The minimum Gasteiger partial charge on any atom is -0.358 e. The Balaban J connectivity index is 2.22. The van der Waals surface area contributed by atoms with E-state index in [1.54, 1.807) is 7.05 Å². The molecule has 0 aliphatic rings. The van der Waals surface area contributed by atoms with Crippen molar-refractivity contribution in [3.05, 3.63) is 48.0 Å². The Hall–Kier alpha value is -1.87. The molecule has 3 heteroatoms. The summed E-state index contributed by atoms with van der Waals surface area (Å²) >= 11 is 0. The first-order valence-electron chi connectivity index (χ1n) is 5.65. The molecule has 0 aliphatic carbocycles. The number of amides is 1. The Kier molecular flexibility index (Phi) is 3.40. The van der Waals surface area contributed by atoms with Crippen LogP contribution in [0.3, 0.4) is 0 Å². The molecule has 0 saturated carbocycles. The van der Waals surface area contributed by atoms with Gasteiger partial charge in [-0.05, 0) is 22.8 Å². The second-order valence-corrected chi connectivity index (χ2v) is 4.11. The molecule has 2 rings (SSSR count). The van der Waals surface area contributed by atoms with Gasteiger partial charge >= 0.3 is 0 Å². The largest absolute Gasteiger partial charge is 0.358 e. The lowest BCUT2D eigenvalue weighted by atomic mass is 10.0. The van der Waals surface area contributed by atoms with Crippen LogP contribution in [-0.4, -0.2) is 19.0 Å². The smallest absolute Gasteiger partial charge is 0.237 e. The minimum absolute atomic E-state index is 0.127. The molecule has 0 saturated heterocycles. The molecule has 0 heterocycles. The number of nitrogens with one attached hydrogen (secondary N) is 1. The van der Waals surface area contributed by atoms with Crippen molar-refractivity contribution in [2.75, 3.05) is 7.05 Å². The average molecular weight is 228 g/mol. The van der Waals surface area contributed by atoms with Crippen molar-refractivity contribution in [3.63, 3.8) is 0 Å². The van der Waals surface area contributed by atoms with Crippen molar-refractivity contribution in [2.45, 2.75) is 12.5 Å². The van der Waals surface area contributed by atoms with Gasteiger partial charge in [-0.3, -0.25) is 4.79 Å². The van der Waals surface area contributed by atoms with Gasteiger partial charge in [0.1, 0.15) is 0 Å². The first-order chi connectivity index (χ1) is 8.20. The highest BCUT2D eigenvalue weighted by molar-refractivity contribution is 5.84. The Bertz CT molecular complexity index is 536. The highest BCUT2D eigenvalue weighted by Crippen LogP contribution is 2.16. The zero-order chi connectivity index (χ0) is 12.3. The number of carbonyl (C=O) groups is 1. The average Bonchev–Trinajstić information content (AvgIpc) is 2.37. The van der Waals surface area contributed by atoms with Crippen LogP contribution >= 0.6 is 0 Å². The fourth-order valence-corrected chi connectivity index (χ4v) is 1.90. The second-order valence-electron chi connectivity index (χ2n) is 4.11. The van der Waals surface area contributed by atoms with Crippen molar-refractivity contribution in [1.29, 1.82) is 0 Å². The summed E-state index contributed by atoms with van der Waals surface area (Å²) in [4.78, 5) is 11.3. The zero-order valence-electron chi connectivity index (χ0n) is 9.81. The number of rotatable bonds is 3. The summed E-state index contributed by atoms with van der Waals surface area (Å²) in [5, 5.41) is 4.93. The number of benzene rings is 2. The van der Waals surface area contributed by atoms with Crippen LogP contribution in [0.25, 0.3) is 10.8 Å². The van der Waals surface area contributed by atoms with E-state index < -0.39 is 6.04 Å². The van der Waals surface area contributed by atoms with E-state index in [0.717, 1.165) is 5.56 Å². The monoisotopic (exact) mass is 228 g/mol. The lowest BCUT2D eigenvalue weighted by Gasteiger charge is -2.10. The van der Waals surface area contributed by atoms with Gasteiger partial charge in [-0.2, -0.15) is 0 Å². The van der Waals surface area contributed by atoms with Crippen LogP contribution < -0.4 is 11.1 Å². The van der Waals surface area contributed by atoms with Crippen LogP contribution in [0.1, 0.15) is 5.56 Å². The first-order valence-corrected chi connectivity index (χ1v) is 5.65. The third kappa shape index (κ3) is 2.63. The number of hydrogen-bond donors (Lipinski definition) is 2. The quantitative estimate of drug-likeness (QED) is 0.835. The molecule has 0 bridgehead atoms. The lowest BCUT2D eigenvalue weighted by molar-refractivity contribution is -0.121. The molecular formula is C14H16N2O. The highest BCUT2D eigenvalue weighted by atomic mass is 16.2. The van der Waals surface area contributed by atoms with Crippen LogP contribution in [-0.2, 0) is 11.2 Å². The van der Waals surface area contributed by atoms with Crippen LogP contribution in [0.4, 0.5) is 0 Å². The van der Waals surface area contributed by atoms with E-state index in [1.807, 2.05) is 18.2 Å². The maximum absolute atomic E-state index is 11.3. The SMILES string of the molecule is CNC(=O)C(N)Cc1ccc2ccccc2c1. The van der Waals surface area contributed by atoms with Gasteiger partial charge in [0.25, 0.3) is 0 Å². The maximum Gasteiger partial charge on any atom is 0.237 e. The number of likely N-dealkylation sites (N-methyl/N-ethyl adjacent to an activating group) is 1. The molecular weight excluding hydrogens is 212 g/mol. The molecule has 0 fully saturated rings. The van der Waals surface area contributed by atoms with Crippen molar-refractivity contribution in [3.8, 4) is 0 Å². The summed E-state index contributed by atoms with van der Waals surface area (Å²) in [6.07, 6.45) is 0.560. The number of nitrogens with two attached hydrogens (primary N) is 1. The zero-order valence-corrected chi connectivity index (χ0v) is 9.81. The fourth-order valence-electron chi connectivity index (χ4n) is 1.90. The Labute approximate surface area is 101 Å². The summed E-state index contributed by atoms with van der Waals surface area (Å²) < 4.78 is 0. The Morgan fingerprint density at radius 2 is 1.94 bits per heavy atom. The van der Waals surface area contributed by atoms with E-state index >= 15 is 0 Å². The molecule has 0 aliphatic heterocycles. The highest BCUT2D eigenvalue weighted by Gasteiger charge is 2.11. The molecule has 0 radical (unpaired) electrons. The number of carbonyl (C=O) groups excluding carboxylic acids is 1. The predicted molar refractivity (Wildman–Crippen MR) is 69.7 cm³/mol. The van der Waals surface area contributed by atoms with Gasteiger partial charge in [-0.25, -0.2) is 0 Å². The molecule has 3 N–H and O–H groups in total. The molecule has 17 heavy (non-hydrogen) atoms. The summed E-state index contributed by atoms with van der Waals surface area (Å²) in [6.45, 7) is 0. The van der Waals surface area contributed by atoms with Crippen molar-refractivity contribution >= 4 is 16.7 Å². The molecule has 0 aromatic heterocycles. The van der Waals surface area contributed by atoms with Gasteiger partial charge in [0.2, 0.25) is 5.91 Å². The third-order valence-electron chi connectivity index (χ3n) is 2.85. The van der Waals surface area contributed by atoms with Crippen LogP contribution in [0.15, 0.2) is 42.5 Å². The van der Waals surface area contributed by atoms with E-state index in [9.17, 15) is 4.79 Å². The van der Waals surface area contributed by atoms with E-state index in [0.29, 0.717) is 6.42 Å². The summed E-state index contributed by atoms with van der Waals surface area (Å²) in [5.41, 5.74) is 6.87. The van der Waals surface area contributed by atoms with Gasteiger partial charge in [0, 0.05) is 7.05 Å². The third-order valence-corrected chi connectivity index (χ3v) is 2.85. The van der Waals surface area contributed by atoms with Gasteiger partial charge in [0.05, 0.1) is 6.04 Å². The van der Waals surface area contributed by atoms with E-state index in [2.05, 4.69) is 29.6 Å². The van der Waals surface area contributed by atoms with E-state index in [-0.39, 0.29) is 5.91 Å². The standard InChI is InChI=1S/C14H16N2O/c1-16-14(17)13(15)9-10-6-7-11-4-2-3-5-12(11)8-10/h2-8,13H,9,15H2,1H3,(H,16,17). The van der Waals surface area contributed by atoms with Crippen LogP contribution in [0, 0.1) is 0 Å². The topological polar surface area (TPSA) is 55.1 Å². The minimum atomic E-state index is -0.485. The van der Waals surface area contributed by atoms with E-state index in [4.69, 9.17) is 5.73 Å². The van der Waals surface area contributed by atoms with Crippen molar-refractivity contribution in [1.82, 2.24) is 5.32 Å². The summed E-state index contributed by atoms with van der Waals surface area (Å²) in [6, 6.07) is 13.8. The molecule has 3 nitrogen and oxygen atoms in total. The van der Waals surface area contributed by atoms with Gasteiger partial charge in [-0.1, -0.05) is 42.5 Å². The summed E-state index contributed by atoms with van der Waals surface area (Å²) in [5.74, 6) is -0.127. The van der Waals surface area contributed by atoms with E-state index in [1.165, 1.54) is 10.8 Å². The normalized spacial score (nSPS) is 12.4. The van der Waals surface area contributed by atoms with Crippen molar-refractivity contribution < 1.29 is 4.79 Å². The fraction of sp³-hybridized carbons (Fsp3) is 0.214. The van der Waals surface area contributed by atoms with Gasteiger partial charge < -0.3 is 11.1 Å². The number of fused-ring (bicyclic) bond motifs is 1. The van der Waals surface area contributed by atoms with Crippen LogP contribution in [0.5, 0.6) is 0 Å². The molecule has 2 aromatic carbocycles. The summed E-state index contributed by atoms with van der Waals surface area (Å²) in [7, 11) is 1.60. The predicted octanol–water partition coefficient (Wildman–Crippen LogP) is 1.46. The molecule has 88 valence electrons. The van der Waals surface area contributed by atoms with Gasteiger partial charge in [-0.15, -0.1) is 0 Å². The maximum atomic E-state index is 11.3. The van der Waals surface area contributed by atoms with Crippen LogP contribution in [0.2, 0.25) is 0 Å². The Morgan fingerprint density at radius 1 is 1.24 bits per heavy atom. The van der Waals surface area contributed by atoms with Crippen molar-refractivity contribution in [2.24, 2.45) is 5.73 Å². The molecule has 2 aromatic rings.